The van der Waals surface area contributed by atoms with Gasteiger partial charge < -0.3 is 25.3 Å². The third-order valence-corrected chi connectivity index (χ3v) is 5.39. The van der Waals surface area contributed by atoms with Gasteiger partial charge >= 0.3 is 6.09 Å². The van der Waals surface area contributed by atoms with Crippen molar-refractivity contribution in [2.45, 2.75) is 58.7 Å². The van der Waals surface area contributed by atoms with E-state index >= 15 is 0 Å². The van der Waals surface area contributed by atoms with Crippen LogP contribution in [0.25, 0.3) is 10.9 Å². The lowest BCUT2D eigenvalue weighted by atomic mass is 10.1. The maximum absolute atomic E-state index is 14.8. The summed E-state index contributed by atoms with van der Waals surface area (Å²) in [6, 6.07) is 8.54. The number of fused-ring (bicyclic) bond motifs is 1. The number of ether oxygens (including phenoxy) is 1. The molecule has 0 aliphatic rings. The highest BCUT2D eigenvalue weighted by Gasteiger charge is 2.23. The van der Waals surface area contributed by atoms with E-state index in [2.05, 4.69) is 26.9 Å². The lowest BCUT2D eigenvalue weighted by Crippen LogP contribution is -2.47. The summed E-state index contributed by atoms with van der Waals surface area (Å²) in [4.78, 5) is 16.6. The number of aromatic nitrogens is 2. The smallest absolute Gasteiger partial charge is 0.407 e. The number of alkyl carbamates (subject to hydrolysis) is 1. The number of carbonyl (C=O) groups is 1. The Morgan fingerprint density at radius 1 is 1.26 bits per heavy atom. The fourth-order valence-electron chi connectivity index (χ4n) is 3.65. The first-order valence-corrected chi connectivity index (χ1v) is 11.3. The van der Waals surface area contributed by atoms with Crippen LogP contribution in [0.1, 0.15) is 46.6 Å². The number of aryl methyl sites for hydroxylation is 1. The van der Waals surface area contributed by atoms with Gasteiger partial charge in [-0.15, -0.1) is 6.42 Å². The Morgan fingerprint density at radius 3 is 2.65 bits per heavy atom. The van der Waals surface area contributed by atoms with E-state index in [0.717, 1.165) is 16.6 Å². The molecule has 180 valence electrons. The van der Waals surface area contributed by atoms with Crippen LogP contribution in [0.3, 0.4) is 0 Å². The Kier molecular flexibility index (Phi) is 7.35. The quantitative estimate of drug-likeness (QED) is 0.399. The number of hydrogen-bond acceptors (Lipinski definition) is 5. The van der Waals surface area contributed by atoms with Gasteiger partial charge in [-0.1, -0.05) is 12.8 Å². The molecule has 3 aromatic rings. The summed E-state index contributed by atoms with van der Waals surface area (Å²) in [6.45, 7) is 9.17. The van der Waals surface area contributed by atoms with Crippen molar-refractivity contribution in [1.82, 2.24) is 14.9 Å². The van der Waals surface area contributed by atoms with Crippen molar-refractivity contribution in [3.63, 3.8) is 0 Å². The summed E-state index contributed by atoms with van der Waals surface area (Å²) < 4.78 is 22.2. The van der Waals surface area contributed by atoms with Gasteiger partial charge in [-0.3, -0.25) is 0 Å². The Morgan fingerprint density at radius 2 is 2.00 bits per heavy atom. The molecule has 0 bridgehead atoms. The zero-order chi connectivity index (χ0) is 25.0. The second kappa shape index (κ2) is 10.0. The van der Waals surface area contributed by atoms with Crippen LogP contribution >= 0.6 is 0 Å². The molecular formula is C26H32FN5O2. The highest BCUT2D eigenvalue weighted by atomic mass is 19.1. The van der Waals surface area contributed by atoms with E-state index < -0.39 is 17.5 Å². The molecule has 0 unspecified atom stereocenters. The van der Waals surface area contributed by atoms with E-state index in [4.69, 9.17) is 11.2 Å². The van der Waals surface area contributed by atoms with Crippen molar-refractivity contribution in [3.8, 4) is 12.3 Å². The van der Waals surface area contributed by atoms with Crippen molar-refractivity contribution in [3.05, 3.63) is 47.9 Å². The topological polar surface area (TPSA) is 80.2 Å². The molecule has 0 radical (unpaired) electrons. The van der Waals surface area contributed by atoms with E-state index in [1.165, 1.54) is 6.07 Å². The van der Waals surface area contributed by atoms with Crippen molar-refractivity contribution < 1.29 is 13.9 Å². The molecule has 3 N–H and O–H groups in total. The number of rotatable bonds is 7. The van der Waals surface area contributed by atoms with E-state index in [1.54, 1.807) is 20.8 Å². The normalized spacial score (nSPS) is 13.1. The van der Waals surface area contributed by atoms with Gasteiger partial charge in [-0.2, -0.15) is 0 Å². The molecule has 0 saturated carbocycles. The van der Waals surface area contributed by atoms with Gasteiger partial charge in [0.2, 0.25) is 0 Å². The van der Waals surface area contributed by atoms with Crippen LogP contribution in [0.2, 0.25) is 0 Å². The molecule has 0 aliphatic heterocycles. The average Bonchev–Trinajstić information content (AvgIpc) is 3.12. The first-order valence-electron chi connectivity index (χ1n) is 11.3. The van der Waals surface area contributed by atoms with Crippen LogP contribution in [0, 0.1) is 18.2 Å². The summed E-state index contributed by atoms with van der Waals surface area (Å²) in [7, 11) is 1.98. The zero-order valence-electron chi connectivity index (χ0n) is 20.5. The van der Waals surface area contributed by atoms with Gasteiger partial charge in [-0.05, 0) is 64.4 Å². The number of benzene rings is 1. The van der Waals surface area contributed by atoms with Crippen LogP contribution in [0.4, 0.5) is 26.5 Å². The van der Waals surface area contributed by atoms with Crippen LogP contribution < -0.4 is 16.0 Å². The Bertz CT molecular complexity index is 1220. The Hall–Kier alpha value is -3.73. The lowest BCUT2D eigenvalue weighted by molar-refractivity contribution is 0.0498. The molecule has 1 aromatic carbocycles. The van der Waals surface area contributed by atoms with E-state index in [1.807, 2.05) is 55.9 Å². The monoisotopic (exact) mass is 465 g/mol. The number of nitrogens with zero attached hydrogens (tertiary/aromatic N) is 2. The number of pyridine rings is 1. The molecule has 7 nitrogen and oxygen atoms in total. The zero-order valence-corrected chi connectivity index (χ0v) is 20.5. The van der Waals surface area contributed by atoms with E-state index in [0.29, 0.717) is 17.8 Å². The van der Waals surface area contributed by atoms with Crippen LogP contribution in [-0.2, 0) is 11.8 Å². The van der Waals surface area contributed by atoms with Crippen molar-refractivity contribution in [2.75, 3.05) is 10.6 Å². The van der Waals surface area contributed by atoms with E-state index in [-0.39, 0.29) is 17.9 Å². The van der Waals surface area contributed by atoms with Crippen molar-refractivity contribution in [1.29, 1.82) is 0 Å². The fourth-order valence-corrected chi connectivity index (χ4v) is 3.65. The second-order valence-electron chi connectivity index (χ2n) is 9.28. The number of halogens is 1. The number of anilines is 3. The summed E-state index contributed by atoms with van der Waals surface area (Å²) in [5.41, 5.74) is 1.57. The molecule has 0 spiro atoms. The fraction of sp³-hybridized carbons (Fsp3) is 0.385. The van der Waals surface area contributed by atoms with Gasteiger partial charge in [0.25, 0.3) is 0 Å². The Balaban J connectivity index is 1.80. The van der Waals surface area contributed by atoms with Crippen LogP contribution in [0.15, 0.2) is 36.5 Å². The molecule has 3 rings (SSSR count). The maximum atomic E-state index is 14.8. The third-order valence-electron chi connectivity index (χ3n) is 5.39. The largest absolute Gasteiger partial charge is 0.444 e. The minimum absolute atomic E-state index is 0.0410. The predicted molar refractivity (Wildman–Crippen MR) is 135 cm³/mol. The van der Waals surface area contributed by atoms with E-state index in [9.17, 15) is 9.18 Å². The highest BCUT2D eigenvalue weighted by Crippen LogP contribution is 2.26. The molecule has 2 atom stereocenters. The van der Waals surface area contributed by atoms with Gasteiger partial charge in [0, 0.05) is 35.9 Å². The van der Waals surface area contributed by atoms with Crippen molar-refractivity contribution in [2.24, 2.45) is 7.05 Å². The number of nitrogens with one attached hydrogen (secondary N) is 3. The number of amides is 1. The molecule has 0 fully saturated rings. The molecule has 2 heterocycles. The third kappa shape index (κ3) is 5.98. The number of hydrogen-bond donors (Lipinski definition) is 3. The molecule has 0 aliphatic carbocycles. The molecule has 1 amide bonds. The predicted octanol–water partition coefficient (Wildman–Crippen LogP) is 5.54. The summed E-state index contributed by atoms with van der Waals surface area (Å²) in [6.07, 6.45) is 7.68. The summed E-state index contributed by atoms with van der Waals surface area (Å²) >= 11 is 0. The highest BCUT2D eigenvalue weighted by molar-refractivity contribution is 5.85. The standard InChI is InChI=1S/C26H32FN5O2/c1-8-17-15-20(27)24(28-16(3)21(9-2)30-25(33)34-26(4,5)6)31-23(17)29-19-10-11-22-18(14-19)12-13-32(22)7/h1,10-16,21H,9H2,2-7H3,(H,30,33)(H2,28,29,31)/t16-,21+/m1/s1. The summed E-state index contributed by atoms with van der Waals surface area (Å²) in [5.74, 6) is 2.32. The van der Waals surface area contributed by atoms with Crippen LogP contribution in [-0.4, -0.2) is 33.3 Å². The SMILES string of the molecule is C#Cc1cc(F)c(N[C@H](C)[C@H](CC)NC(=O)OC(C)(C)C)nc1Nc1ccc2c(ccn2C)c1. The molecular weight excluding hydrogens is 433 g/mol. The molecule has 34 heavy (non-hydrogen) atoms. The van der Waals surface area contributed by atoms with Gasteiger partial charge in [-0.25, -0.2) is 14.2 Å². The first kappa shape index (κ1) is 24.9. The summed E-state index contributed by atoms with van der Waals surface area (Å²) in [5, 5.41) is 10.2. The minimum Gasteiger partial charge on any atom is -0.444 e. The maximum Gasteiger partial charge on any atom is 0.407 e. The average molecular weight is 466 g/mol. The van der Waals surface area contributed by atoms with Gasteiger partial charge in [0.1, 0.15) is 11.4 Å². The first-order chi connectivity index (χ1) is 16.0. The lowest BCUT2D eigenvalue weighted by Gasteiger charge is -2.27. The molecule has 0 saturated heterocycles. The van der Waals surface area contributed by atoms with Crippen LogP contribution in [0.5, 0.6) is 0 Å². The number of terminal acetylenes is 1. The van der Waals surface area contributed by atoms with Gasteiger partial charge in [0.15, 0.2) is 11.6 Å². The minimum atomic E-state index is -0.610. The van der Waals surface area contributed by atoms with Crippen molar-refractivity contribution >= 4 is 34.3 Å². The molecule has 8 heteroatoms. The van der Waals surface area contributed by atoms with Gasteiger partial charge in [0.05, 0.1) is 11.6 Å². The second-order valence-corrected chi connectivity index (χ2v) is 9.28. The Labute approximate surface area is 200 Å². The number of carbonyl (C=O) groups excluding carboxylic acids is 1. The molecule has 2 aromatic heterocycles.